The number of hydrogen-bond acceptors (Lipinski definition) is 3. The minimum Gasteiger partial charge on any atom is -0.399 e. The molecule has 1 aromatic heterocycles. The molecular weight excluding hydrogens is 336 g/mol. The number of anilines is 2. The van der Waals surface area contributed by atoms with Crippen molar-refractivity contribution in [1.29, 1.82) is 0 Å². The molecule has 2 N–H and O–H groups in total. The van der Waals surface area contributed by atoms with E-state index in [-0.39, 0.29) is 5.91 Å². The Morgan fingerprint density at radius 1 is 1.40 bits per heavy atom. The number of thiophene rings is 1. The summed E-state index contributed by atoms with van der Waals surface area (Å²) in [5, 5.41) is 0. The van der Waals surface area contributed by atoms with Gasteiger partial charge in [0.1, 0.15) is 0 Å². The molecule has 1 heterocycles. The Labute approximate surface area is 131 Å². The maximum Gasteiger partial charge on any atom is 0.268 e. The van der Waals surface area contributed by atoms with Crippen LogP contribution in [-0.4, -0.2) is 12.5 Å². The second-order valence-electron chi connectivity index (χ2n) is 4.62. The van der Waals surface area contributed by atoms with Crippen LogP contribution in [0.3, 0.4) is 0 Å². The predicted octanol–water partition coefficient (Wildman–Crippen LogP) is 4.46. The summed E-state index contributed by atoms with van der Waals surface area (Å²) in [6, 6.07) is 9.37. The van der Waals surface area contributed by atoms with E-state index in [1.165, 1.54) is 11.3 Å². The molecule has 0 aliphatic carbocycles. The van der Waals surface area contributed by atoms with Gasteiger partial charge in [-0.2, -0.15) is 0 Å². The number of nitrogens with two attached hydrogens (primary N) is 1. The maximum absolute atomic E-state index is 12.7. The molecule has 5 heteroatoms. The number of aryl methyl sites for hydroxylation is 1. The van der Waals surface area contributed by atoms with E-state index < -0.39 is 0 Å². The fourth-order valence-electron chi connectivity index (χ4n) is 1.96. The molecule has 20 heavy (non-hydrogen) atoms. The summed E-state index contributed by atoms with van der Waals surface area (Å²) >= 11 is 4.94. The Kier molecular flexibility index (Phi) is 4.83. The van der Waals surface area contributed by atoms with Gasteiger partial charge in [-0.05, 0) is 59.1 Å². The molecule has 0 fully saturated rings. The smallest absolute Gasteiger partial charge is 0.268 e. The quantitative estimate of drug-likeness (QED) is 0.825. The molecule has 106 valence electrons. The maximum atomic E-state index is 12.7. The molecule has 0 spiro atoms. The zero-order chi connectivity index (χ0) is 14.7. The molecule has 0 aliphatic heterocycles. The first kappa shape index (κ1) is 15.1. The van der Waals surface area contributed by atoms with Crippen LogP contribution in [0.1, 0.15) is 28.6 Å². The Balaban J connectivity index is 2.35. The number of nitrogen functional groups attached to an aromatic ring is 1. The Hall–Kier alpha value is -1.33. The van der Waals surface area contributed by atoms with E-state index in [1.54, 1.807) is 4.90 Å². The first-order valence-electron chi connectivity index (χ1n) is 6.46. The number of halogens is 1. The van der Waals surface area contributed by atoms with E-state index in [1.807, 2.05) is 37.3 Å². The number of benzene rings is 1. The number of amides is 1. The van der Waals surface area contributed by atoms with E-state index in [9.17, 15) is 4.79 Å². The van der Waals surface area contributed by atoms with Gasteiger partial charge < -0.3 is 10.6 Å². The minimum absolute atomic E-state index is 0.0243. The van der Waals surface area contributed by atoms with Gasteiger partial charge in [-0.1, -0.05) is 13.0 Å². The van der Waals surface area contributed by atoms with Crippen molar-refractivity contribution in [3.05, 3.63) is 44.6 Å². The summed E-state index contributed by atoms with van der Waals surface area (Å²) in [5.41, 5.74) is 8.42. The number of nitrogens with zero attached hydrogens (tertiary/aromatic N) is 1. The third-order valence-electron chi connectivity index (χ3n) is 2.94. The van der Waals surface area contributed by atoms with Gasteiger partial charge in [0.05, 0.1) is 8.66 Å². The zero-order valence-corrected chi connectivity index (χ0v) is 13.9. The Morgan fingerprint density at radius 3 is 2.70 bits per heavy atom. The molecule has 0 bridgehead atoms. The third-order valence-corrected chi connectivity index (χ3v) is 5.07. The molecule has 0 radical (unpaired) electrons. The van der Waals surface area contributed by atoms with Crippen LogP contribution in [0, 0.1) is 6.92 Å². The van der Waals surface area contributed by atoms with E-state index in [4.69, 9.17) is 5.73 Å². The summed E-state index contributed by atoms with van der Waals surface area (Å²) in [6.45, 7) is 4.72. The summed E-state index contributed by atoms with van der Waals surface area (Å²) in [6.07, 6.45) is 0.895. The highest BCUT2D eigenvalue weighted by Gasteiger charge is 2.19. The van der Waals surface area contributed by atoms with E-state index >= 15 is 0 Å². The monoisotopic (exact) mass is 352 g/mol. The van der Waals surface area contributed by atoms with Crippen LogP contribution in [0.15, 0.2) is 34.1 Å². The van der Waals surface area contributed by atoms with Crippen LogP contribution in [0.5, 0.6) is 0 Å². The number of rotatable bonds is 4. The highest BCUT2D eigenvalue weighted by atomic mass is 79.9. The van der Waals surface area contributed by atoms with Crippen LogP contribution in [-0.2, 0) is 0 Å². The molecule has 0 atom stereocenters. The minimum atomic E-state index is 0.0243. The molecule has 1 amide bonds. The number of carbonyl (C=O) groups excluding carboxylic acids is 1. The predicted molar refractivity (Wildman–Crippen MR) is 89.6 cm³/mol. The van der Waals surface area contributed by atoms with Gasteiger partial charge in [-0.15, -0.1) is 11.3 Å². The van der Waals surface area contributed by atoms with Gasteiger partial charge in [0, 0.05) is 17.9 Å². The van der Waals surface area contributed by atoms with Crippen molar-refractivity contribution in [3.8, 4) is 0 Å². The summed E-state index contributed by atoms with van der Waals surface area (Å²) in [5.74, 6) is 0.0243. The van der Waals surface area contributed by atoms with Crippen LogP contribution in [0.4, 0.5) is 11.4 Å². The van der Waals surface area contributed by atoms with Crippen molar-refractivity contribution in [2.75, 3.05) is 17.2 Å². The molecule has 2 rings (SSSR count). The molecule has 3 nitrogen and oxygen atoms in total. The molecule has 0 saturated carbocycles. The highest BCUT2D eigenvalue weighted by Crippen LogP contribution is 2.30. The van der Waals surface area contributed by atoms with Crippen molar-refractivity contribution in [2.24, 2.45) is 0 Å². The molecule has 0 unspecified atom stereocenters. The lowest BCUT2D eigenvalue weighted by molar-refractivity contribution is 0.0991. The molecule has 0 saturated heterocycles. The van der Waals surface area contributed by atoms with Crippen molar-refractivity contribution in [2.45, 2.75) is 20.3 Å². The Morgan fingerprint density at radius 2 is 2.15 bits per heavy atom. The van der Waals surface area contributed by atoms with Crippen LogP contribution in [0.25, 0.3) is 0 Å². The van der Waals surface area contributed by atoms with Gasteiger partial charge in [0.2, 0.25) is 0 Å². The van der Waals surface area contributed by atoms with E-state index in [2.05, 4.69) is 22.9 Å². The van der Waals surface area contributed by atoms with E-state index in [0.29, 0.717) is 12.2 Å². The topological polar surface area (TPSA) is 46.3 Å². The lowest BCUT2D eigenvalue weighted by Gasteiger charge is -2.22. The Bertz CT molecular complexity index is 605. The fraction of sp³-hybridized carbons (Fsp3) is 0.267. The van der Waals surface area contributed by atoms with Gasteiger partial charge >= 0.3 is 0 Å². The van der Waals surface area contributed by atoms with Crippen LogP contribution in [0.2, 0.25) is 0 Å². The van der Waals surface area contributed by atoms with Crippen molar-refractivity contribution in [3.63, 3.8) is 0 Å². The second kappa shape index (κ2) is 6.41. The second-order valence-corrected chi connectivity index (χ2v) is 6.99. The van der Waals surface area contributed by atoms with Crippen molar-refractivity contribution < 1.29 is 4.79 Å². The molecule has 0 aliphatic rings. The normalized spacial score (nSPS) is 10.6. The van der Waals surface area contributed by atoms with Crippen LogP contribution >= 0.6 is 27.3 Å². The summed E-state index contributed by atoms with van der Waals surface area (Å²) in [7, 11) is 0. The first-order chi connectivity index (χ1) is 9.52. The molecule has 1 aromatic carbocycles. The van der Waals surface area contributed by atoms with Gasteiger partial charge in [0.15, 0.2) is 0 Å². The summed E-state index contributed by atoms with van der Waals surface area (Å²) in [4.78, 5) is 15.2. The van der Waals surface area contributed by atoms with E-state index in [0.717, 1.165) is 26.3 Å². The summed E-state index contributed by atoms with van der Waals surface area (Å²) < 4.78 is 1.00. The fourth-order valence-corrected chi connectivity index (χ4v) is 3.45. The lowest BCUT2D eigenvalue weighted by Crippen LogP contribution is -2.31. The largest absolute Gasteiger partial charge is 0.399 e. The first-order valence-corrected chi connectivity index (χ1v) is 8.07. The zero-order valence-electron chi connectivity index (χ0n) is 11.5. The average molecular weight is 353 g/mol. The SMILES string of the molecule is CCCN(C(=O)c1cc(C)c(Br)s1)c1cccc(N)c1. The standard InChI is InChI=1S/C15H17BrN2OS/c1-3-7-18(12-6-4-5-11(17)9-12)15(19)13-8-10(2)14(16)20-13/h4-6,8-9H,3,7,17H2,1-2H3. The third kappa shape index (κ3) is 3.22. The van der Waals surface area contributed by atoms with Gasteiger partial charge in [-0.3, -0.25) is 4.79 Å². The van der Waals surface area contributed by atoms with Crippen molar-refractivity contribution in [1.82, 2.24) is 0 Å². The van der Waals surface area contributed by atoms with Gasteiger partial charge in [-0.25, -0.2) is 0 Å². The molecular formula is C15H17BrN2OS. The van der Waals surface area contributed by atoms with Crippen LogP contribution < -0.4 is 10.6 Å². The van der Waals surface area contributed by atoms with Crippen molar-refractivity contribution >= 4 is 44.5 Å². The highest BCUT2D eigenvalue weighted by molar-refractivity contribution is 9.11. The number of hydrogen-bond donors (Lipinski definition) is 1. The lowest BCUT2D eigenvalue weighted by atomic mass is 10.2. The average Bonchev–Trinajstić information content (AvgIpc) is 2.75. The molecule has 2 aromatic rings. The van der Waals surface area contributed by atoms with Gasteiger partial charge in [0.25, 0.3) is 5.91 Å². The number of carbonyl (C=O) groups is 1.